The van der Waals surface area contributed by atoms with E-state index in [0.29, 0.717) is 10.7 Å². The van der Waals surface area contributed by atoms with Crippen LogP contribution in [-0.4, -0.2) is 15.7 Å². The number of halogens is 1. The van der Waals surface area contributed by atoms with E-state index in [1.807, 2.05) is 13.8 Å². The van der Waals surface area contributed by atoms with Gasteiger partial charge in [-0.15, -0.1) is 0 Å². The van der Waals surface area contributed by atoms with Gasteiger partial charge in [-0.25, -0.2) is 4.98 Å². The number of aromatic nitrogens is 2. The van der Waals surface area contributed by atoms with Crippen LogP contribution in [0.15, 0.2) is 18.3 Å². The third kappa shape index (κ3) is 1.63. The molecule has 0 N–H and O–H groups in total. The van der Waals surface area contributed by atoms with Gasteiger partial charge < -0.3 is 0 Å². The second-order valence-electron chi connectivity index (χ2n) is 3.73. The molecule has 3 nitrogen and oxygen atoms in total. The van der Waals surface area contributed by atoms with Gasteiger partial charge in [-0.3, -0.25) is 9.20 Å². The van der Waals surface area contributed by atoms with E-state index in [-0.39, 0.29) is 5.92 Å². The highest BCUT2D eigenvalue weighted by atomic mass is 35.5. The predicted octanol–water partition coefficient (Wildman–Crippen LogP) is 2.92. The topological polar surface area (TPSA) is 34.4 Å². The largest absolute Gasteiger partial charge is 0.296 e. The van der Waals surface area contributed by atoms with Crippen molar-refractivity contribution >= 4 is 23.5 Å². The number of nitrogens with zero attached hydrogens (tertiary/aromatic N) is 2. The van der Waals surface area contributed by atoms with Gasteiger partial charge in [0.15, 0.2) is 6.29 Å². The summed E-state index contributed by atoms with van der Waals surface area (Å²) in [5, 5.41) is 0.596. The van der Waals surface area contributed by atoms with E-state index < -0.39 is 0 Å². The average molecular weight is 223 g/mol. The molecule has 0 aliphatic heterocycles. The maximum absolute atomic E-state index is 11.0. The monoisotopic (exact) mass is 222 g/mol. The maximum Gasteiger partial charge on any atom is 0.168 e. The molecule has 0 unspecified atom stereocenters. The van der Waals surface area contributed by atoms with Crippen molar-refractivity contribution in [2.75, 3.05) is 0 Å². The van der Waals surface area contributed by atoms with Crippen LogP contribution in [0.5, 0.6) is 0 Å². The zero-order valence-corrected chi connectivity index (χ0v) is 9.32. The summed E-state index contributed by atoms with van der Waals surface area (Å²) >= 11 is 5.87. The van der Waals surface area contributed by atoms with E-state index >= 15 is 0 Å². The number of hydrogen-bond acceptors (Lipinski definition) is 2. The highest BCUT2D eigenvalue weighted by Gasteiger charge is 2.14. The zero-order chi connectivity index (χ0) is 11.0. The average Bonchev–Trinajstić information content (AvgIpc) is 2.55. The van der Waals surface area contributed by atoms with Crippen molar-refractivity contribution in [2.45, 2.75) is 19.8 Å². The lowest BCUT2D eigenvalue weighted by atomic mass is 10.1. The summed E-state index contributed by atoms with van der Waals surface area (Å²) in [4.78, 5) is 15.4. The van der Waals surface area contributed by atoms with Gasteiger partial charge in [-0.1, -0.05) is 25.4 Å². The Bertz CT molecular complexity index is 517. The first-order valence-electron chi connectivity index (χ1n) is 4.76. The molecule has 0 bridgehead atoms. The van der Waals surface area contributed by atoms with Gasteiger partial charge in [0, 0.05) is 6.20 Å². The molecule has 0 spiro atoms. The van der Waals surface area contributed by atoms with E-state index in [1.165, 1.54) is 0 Å². The van der Waals surface area contributed by atoms with Crippen LogP contribution in [0.4, 0.5) is 0 Å². The van der Waals surface area contributed by atoms with Crippen LogP contribution >= 0.6 is 11.6 Å². The van der Waals surface area contributed by atoms with E-state index in [2.05, 4.69) is 4.98 Å². The van der Waals surface area contributed by atoms with Crippen LogP contribution in [0.25, 0.3) is 5.65 Å². The fraction of sp³-hybridized carbons (Fsp3) is 0.273. The number of fused-ring (bicyclic) bond motifs is 1. The van der Waals surface area contributed by atoms with Gasteiger partial charge in [0.05, 0.1) is 10.7 Å². The quantitative estimate of drug-likeness (QED) is 0.733. The standard InChI is InChI=1S/C11H11ClN2O/c1-7(2)11-9(6-15)14-5-8(12)3-4-10(14)13-11/h3-7H,1-2H3. The Hall–Kier alpha value is -1.35. The minimum absolute atomic E-state index is 0.226. The zero-order valence-electron chi connectivity index (χ0n) is 8.57. The van der Waals surface area contributed by atoms with Crippen molar-refractivity contribution in [3.8, 4) is 0 Å². The number of imidazole rings is 1. The van der Waals surface area contributed by atoms with Gasteiger partial charge in [0.25, 0.3) is 0 Å². The van der Waals surface area contributed by atoms with Crippen LogP contribution < -0.4 is 0 Å². The lowest BCUT2D eigenvalue weighted by Gasteiger charge is -2.00. The van der Waals surface area contributed by atoms with Crippen molar-refractivity contribution in [2.24, 2.45) is 0 Å². The summed E-state index contributed by atoms with van der Waals surface area (Å²) in [5.41, 5.74) is 2.15. The van der Waals surface area contributed by atoms with Gasteiger partial charge in [0.1, 0.15) is 11.3 Å². The molecule has 0 aliphatic carbocycles. The Morgan fingerprint density at radius 2 is 2.20 bits per heavy atom. The molecule has 0 radical (unpaired) electrons. The molecule has 0 amide bonds. The molecule has 2 heterocycles. The molecule has 0 aromatic carbocycles. The fourth-order valence-corrected chi connectivity index (χ4v) is 1.76. The third-order valence-electron chi connectivity index (χ3n) is 2.31. The second kappa shape index (κ2) is 3.66. The first kappa shape index (κ1) is 10.2. The number of carbonyl (C=O) groups is 1. The summed E-state index contributed by atoms with van der Waals surface area (Å²) in [5.74, 6) is 0.226. The maximum atomic E-state index is 11.0. The Labute approximate surface area is 92.7 Å². The molecule has 2 aromatic rings. The SMILES string of the molecule is CC(C)c1nc2ccc(Cl)cn2c1C=O. The number of carbonyl (C=O) groups excluding carboxylic acids is 1. The van der Waals surface area contributed by atoms with Crippen LogP contribution in [0.3, 0.4) is 0 Å². The lowest BCUT2D eigenvalue weighted by molar-refractivity contribution is 0.111. The van der Waals surface area contributed by atoms with Crippen LogP contribution in [0.2, 0.25) is 5.02 Å². The molecule has 0 aliphatic rings. The first-order chi connectivity index (χ1) is 7.13. The Morgan fingerprint density at radius 3 is 2.80 bits per heavy atom. The molecule has 0 saturated carbocycles. The lowest BCUT2D eigenvalue weighted by Crippen LogP contribution is -1.96. The van der Waals surface area contributed by atoms with E-state index in [9.17, 15) is 4.79 Å². The van der Waals surface area contributed by atoms with E-state index in [0.717, 1.165) is 17.6 Å². The molecule has 2 aromatic heterocycles. The van der Waals surface area contributed by atoms with Crippen LogP contribution in [0.1, 0.15) is 35.9 Å². The number of pyridine rings is 1. The van der Waals surface area contributed by atoms with Crippen molar-refractivity contribution in [3.05, 3.63) is 34.7 Å². The van der Waals surface area contributed by atoms with Gasteiger partial charge in [0.2, 0.25) is 0 Å². The summed E-state index contributed by atoms with van der Waals surface area (Å²) < 4.78 is 1.73. The normalized spacial score (nSPS) is 11.2. The smallest absolute Gasteiger partial charge is 0.168 e. The summed E-state index contributed by atoms with van der Waals surface area (Å²) in [6, 6.07) is 3.57. The predicted molar refractivity (Wildman–Crippen MR) is 59.7 cm³/mol. The molecular weight excluding hydrogens is 212 g/mol. The van der Waals surface area contributed by atoms with Crippen LogP contribution in [0, 0.1) is 0 Å². The number of aldehydes is 1. The molecule has 2 rings (SSSR count). The molecule has 0 fully saturated rings. The Kier molecular flexibility index (Phi) is 2.49. The van der Waals surface area contributed by atoms with Gasteiger partial charge >= 0.3 is 0 Å². The highest BCUT2D eigenvalue weighted by molar-refractivity contribution is 6.30. The number of rotatable bonds is 2. The minimum Gasteiger partial charge on any atom is -0.296 e. The van der Waals surface area contributed by atoms with E-state index in [4.69, 9.17) is 11.6 Å². The molecule has 4 heteroatoms. The van der Waals surface area contributed by atoms with Crippen molar-refractivity contribution in [1.82, 2.24) is 9.38 Å². The summed E-state index contributed by atoms with van der Waals surface area (Å²) in [7, 11) is 0. The summed E-state index contributed by atoms with van der Waals surface area (Å²) in [6.07, 6.45) is 2.53. The van der Waals surface area contributed by atoms with Crippen molar-refractivity contribution in [3.63, 3.8) is 0 Å². The fourth-order valence-electron chi connectivity index (χ4n) is 1.60. The molecular formula is C11H11ClN2O. The van der Waals surface area contributed by atoms with E-state index in [1.54, 1.807) is 22.7 Å². The van der Waals surface area contributed by atoms with Gasteiger partial charge in [-0.05, 0) is 18.1 Å². The first-order valence-corrected chi connectivity index (χ1v) is 5.14. The van der Waals surface area contributed by atoms with Crippen molar-refractivity contribution < 1.29 is 4.79 Å². The van der Waals surface area contributed by atoms with Gasteiger partial charge in [-0.2, -0.15) is 0 Å². The Morgan fingerprint density at radius 1 is 1.47 bits per heavy atom. The number of hydrogen-bond donors (Lipinski definition) is 0. The third-order valence-corrected chi connectivity index (χ3v) is 2.53. The summed E-state index contributed by atoms with van der Waals surface area (Å²) in [6.45, 7) is 4.02. The molecule has 78 valence electrons. The Balaban J connectivity index is 2.79. The molecule has 0 atom stereocenters. The minimum atomic E-state index is 0.226. The second-order valence-corrected chi connectivity index (χ2v) is 4.17. The molecule has 15 heavy (non-hydrogen) atoms. The van der Waals surface area contributed by atoms with Crippen molar-refractivity contribution in [1.29, 1.82) is 0 Å². The molecule has 0 saturated heterocycles. The van der Waals surface area contributed by atoms with Crippen LogP contribution in [-0.2, 0) is 0 Å². The highest BCUT2D eigenvalue weighted by Crippen LogP contribution is 2.20.